The van der Waals surface area contributed by atoms with E-state index >= 15 is 0 Å². The summed E-state index contributed by atoms with van der Waals surface area (Å²) in [6.07, 6.45) is 0. The van der Waals surface area contributed by atoms with Crippen molar-refractivity contribution >= 4 is 31.7 Å². The van der Waals surface area contributed by atoms with Crippen LogP contribution in [0.15, 0.2) is 34.7 Å². The molecule has 4 nitrogen and oxygen atoms in total. The summed E-state index contributed by atoms with van der Waals surface area (Å²) in [4.78, 5) is 0. The second-order valence-corrected chi connectivity index (χ2v) is 5.36. The number of fused-ring (bicyclic) bond motifs is 1. The van der Waals surface area contributed by atoms with Crippen LogP contribution >= 0.6 is 0 Å². The van der Waals surface area contributed by atoms with E-state index in [9.17, 15) is 0 Å². The van der Waals surface area contributed by atoms with Crippen molar-refractivity contribution in [2.75, 3.05) is 5.32 Å². The van der Waals surface area contributed by atoms with Crippen molar-refractivity contribution in [3.05, 3.63) is 41.9 Å². The summed E-state index contributed by atoms with van der Waals surface area (Å²) in [5, 5.41) is 3.43. The van der Waals surface area contributed by atoms with Crippen LogP contribution in [-0.4, -0.2) is 22.9 Å². The van der Waals surface area contributed by atoms with Crippen molar-refractivity contribution < 1.29 is 4.42 Å². The number of nitrogens with one attached hydrogen (secondary N) is 1. The quantitative estimate of drug-likeness (QED) is 0.756. The zero-order valence-electron chi connectivity index (χ0n) is 10.2. The van der Waals surface area contributed by atoms with E-state index in [1.165, 1.54) is 0 Å². The molecule has 1 unspecified atom stereocenters. The standard InChI is InChI=1S/C13H13N3OSe/c1-8-6-7-12(17-8)9(2)14-10-4-3-5-11-13(10)16-18-15-11/h3-7,9,14H,1-2H3. The summed E-state index contributed by atoms with van der Waals surface area (Å²) in [5.41, 5.74) is 2.99. The molecule has 2 aromatic heterocycles. The predicted molar refractivity (Wildman–Crippen MR) is 72.0 cm³/mol. The van der Waals surface area contributed by atoms with Crippen LogP contribution in [0.5, 0.6) is 0 Å². The molecule has 0 aliphatic heterocycles. The summed E-state index contributed by atoms with van der Waals surface area (Å²) in [5.74, 6) is 1.87. The van der Waals surface area contributed by atoms with Crippen molar-refractivity contribution in [3.63, 3.8) is 0 Å². The van der Waals surface area contributed by atoms with Crippen molar-refractivity contribution in [2.24, 2.45) is 0 Å². The van der Waals surface area contributed by atoms with Gasteiger partial charge in [-0.2, -0.15) is 0 Å². The Morgan fingerprint density at radius 3 is 2.89 bits per heavy atom. The van der Waals surface area contributed by atoms with Crippen LogP contribution in [0.4, 0.5) is 5.69 Å². The van der Waals surface area contributed by atoms with Gasteiger partial charge in [0.05, 0.1) is 0 Å². The molecule has 0 bridgehead atoms. The van der Waals surface area contributed by atoms with E-state index in [2.05, 4.69) is 20.2 Å². The number of nitrogens with zero attached hydrogens (tertiary/aromatic N) is 2. The van der Waals surface area contributed by atoms with Crippen LogP contribution < -0.4 is 5.32 Å². The van der Waals surface area contributed by atoms with Crippen molar-refractivity contribution in [2.45, 2.75) is 19.9 Å². The number of aryl methyl sites for hydroxylation is 1. The molecule has 3 rings (SSSR count). The second-order valence-electron chi connectivity index (χ2n) is 4.25. The third-order valence-corrected chi connectivity index (χ3v) is 3.98. The fraction of sp³-hybridized carbons (Fsp3) is 0.231. The first kappa shape index (κ1) is 11.5. The zero-order valence-corrected chi connectivity index (χ0v) is 11.9. The molecular formula is C13H13N3OSe. The number of rotatable bonds is 3. The Labute approximate surface area is 111 Å². The number of hydrogen-bond acceptors (Lipinski definition) is 4. The van der Waals surface area contributed by atoms with Gasteiger partial charge in [-0.25, -0.2) is 0 Å². The van der Waals surface area contributed by atoms with E-state index < -0.39 is 0 Å². The van der Waals surface area contributed by atoms with Crippen LogP contribution in [0.25, 0.3) is 11.0 Å². The Bertz CT molecular complexity index is 673. The van der Waals surface area contributed by atoms with E-state index in [-0.39, 0.29) is 21.0 Å². The molecule has 0 aliphatic rings. The Morgan fingerprint density at radius 1 is 1.22 bits per heavy atom. The molecule has 0 amide bonds. The van der Waals surface area contributed by atoms with Gasteiger partial charge < -0.3 is 0 Å². The minimum absolute atomic E-state index is 0.00459. The number of anilines is 1. The summed E-state index contributed by atoms with van der Waals surface area (Å²) in [6.45, 7) is 4.03. The van der Waals surface area contributed by atoms with Gasteiger partial charge in [0.25, 0.3) is 0 Å². The first-order chi connectivity index (χ1) is 8.74. The molecule has 1 N–H and O–H groups in total. The molecule has 2 heterocycles. The van der Waals surface area contributed by atoms with Gasteiger partial charge >= 0.3 is 111 Å². The van der Waals surface area contributed by atoms with Crippen molar-refractivity contribution in [3.8, 4) is 0 Å². The molecule has 3 aromatic rings. The topological polar surface area (TPSA) is 51.0 Å². The third-order valence-electron chi connectivity index (χ3n) is 2.85. The SMILES string of the molecule is Cc1ccc(C(C)Nc2cccc3n[se]nc23)o1. The van der Waals surface area contributed by atoms with E-state index in [0.717, 1.165) is 28.2 Å². The van der Waals surface area contributed by atoms with Gasteiger partial charge in [0.1, 0.15) is 0 Å². The third kappa shape index (κ3) is 2.07. The molecule has 5 heteroatoms. The molecule has 0 aliphatic carbocycles. The monoisotopic (exact) mass is 307 g/mol. The molecule has 92 valence electrons. The first-order valence-corrected chi connectivity index (χ1v) is 7.31. The van der Waals surface area contributed by atoms with Crippen LogP contribution in [0.3, 0.4) is 0 Å². The van der Waals surface area contributed by atoms with E-state index in [1.807, 2.05) is 37.3 Å². The summed E-state index contributed by atoms with van der Waals surface area (Å²) in [7, 11) is 0. The Kier molecular flexibility index (Phi) is 2.94. The molecule has 0 saturated carbocycles. The van der Waals surface area contributed by atoms with Crippen LogP contribution in [0.2, 0.25) is 0 Å². The zero-order chi connectivity index (χ0) is 12.5. The van der Waals surface area contributed by atoms with Crippen LogP contribution in [-0.2, 0) is 0 Å². The summed E-state index contributed by atoms with van der Waals surface area (Å²) in [6, 6.07) is 10.1. The molecule has 0 radical (unpaired) electrons. The molecule has 18 heavy (non-hydrogen) atoms. The minimum atomic E-state index is 0.00459. The molecule has 0 saturated heterocycles. The first-order valence-electron chi connectivity index (χ1n) is 5.78. The predicted octanol–water partition coefficient (Wildman–Crippen LogP) is 2.76. The average molecular weight is 306 g/mol. The fourth-order valence-corrected chi connectivity index (χ4v) is 3.07. The van der Waals surface area contributed by atoms with Gasteiger partial charge in [0.15, 0.2) is 0 Å². The summed E-state index contributed by atoms with van der Waals surface area (Å²) >= 11 is 0.00459. The van der Waals surface area contributed by atoms with E-state index in [4.69, 9.17) is 4.42 Å². The Morgan fingerprint density at radius 2 is 2.11 bits per heavy atom. The maximum atomic E-state index is 5.62. The van der Waals surface area contributed by atoms with Gasteiger partial charge in [0.2, 0.25) is 0 Å². The molecule has 1 atom stereocenters. The fourth-order valence-electron chi connectivity index (χ4n) is 1.91. The Hall–Kier alpha value is -1.58. The van der Waals surface area contributed by atoms with Crippen LogP contribution in [0.1, 0.15) is 24.5 Å². The van der Waals surface area contributed by atoms with Gasteiger partial charge in [-0.3, -0.25) is 0 Å². The van der Waals surface area contributed by atoms with Gasteiger partial charge in [-0.1, -0.05) is 0 Å². The second kappa shape index (κ2) is 4.59. The van der Waals surface area contributed by atoms with E-state index in [0.29, 0.717) is 0 Å². The van der Waals surface area contributed by atoms with Gasteiger partial charge in [-0.15, -0.1) is 0 Å². The average Bonchev–Trinajstić information content (AvgIpc) is 2.97. The van der Waals surface area contributed by atoms with E-state index in [1.54, 1.807) is 0 Å². The maximum absolute atomic E-state index is 5.62. The molecule has 0 fully saturated rings. The molecule has 0 spiro atoms. The number of furan rings is 1. The van der Waals surface area contributed by atoms with Crippen molar-refractivity contribution in [1.29, 1.82) is 0 Å². The molecule has 1 aromatic carbocycles. The normalized spacial score (nSPS) is 12.8. The van der Waals surface area contributed by atoms with Gasteiger partial charge in [-0.05, 0) is 0 Å². The Balaban J connectivity index is 1.90. The van der Waals surface area contributed by atoms with Gasteiger partial charge in [0, 0.05) is 0 Å². The van der Waals surface area contributed by atoms with Crippen molar-refractivity contribution in [1.82, 2.24) is 7.96 Å². The number of aromatic nitrogens is 2. The number of benzene rings is 1. The molecular weight excluding hydrogens is 293 g/mol. The van der Waals surface area contributed by atoms with Crippen LogP contribution in [0, 0.1) is 6.92 Å². The number of hydrogen-bond donors (Lipinski definition) is 1. The summed E-state index contributed by atoms with van der Waals surface area (Å²) < 4.78 is 14.5.